The van der Waals surface area contributed by atoms with Crippen molar-refractivity contribution >= 4 is 43.1 Å². The Morgan fingerprint density at radius 1 is 0.378 bits per heavy atom. The zero-order valence-electron chi connectivity index (χ0n) is 25.7. The molecule has 0 spiro atoms. The van der Waals surface area contributed by atoms with E-state index in [2.05, 4.69) is 146 Å². The second-order valence-electron chi connectivity index (χ2n) is 12.4. The fourth-order valence-electron chi connectivity index (χ4n) is 8.21. The standard InChI is InChI=1S/C43H28.C2H6/c1-2-12-28-26(11-1)23-41(32-16-6-3-13-29(28)32)43-36-19-9-7-17-34(36)42(35-18-8-10-20-37(35)43)27-21-22-33-30-14-4-5-15-31(30)39-25-40(39)38(33)24-27;1-2/h1-24,39-40H,25H2;1-2H3. The van der Waals surface area contributed by atoms with Gasteiger partial charge in [-0.05, 0) is 112 Å². The minimum Gasteiger partial charge on any atom is -0.0683 e. The molecule has 2 aliphatic carbocycles. The molecule has 0 heteroatoms. The summed E-state index contributed by atoms with van der Waals surface area (Å²) < 4.78 is 0. The molecule has 8 aromatic rings. The van der Waals surface area contributed by atoms with Crippen molar-refractivity contribution in [2.45, 2.75) is 32.1 Å². The summed E-state index contributed by atoms with van der Waals surface area (Å²) in [5.41, 5.74) is 11.2. The molecule has 1 fully saturated rings. The molecule has 10 rings (SSSR count). The Labute approximate surface area is 264 Å². The molecule has 1 saturated carbocycles. The van der Waals surface area contributed by atoms with E-state index in [0.717, 1.165) is 0 Å². The normalized spacial score (nSPS) is 16.1. The summed E-state index contributed by atoms with van der Waals surface area (Å²) >= 11 is 0. The SMILES string of the molecule is CC.c1ccc2c(c1)-c1ccc(-c3c4ccccc4c(-c4cc5ccccc5c5ccccc45)c4ccccc34)cc1C1CC21. The van der Waals surface area contributed by atoms with E-state index in [4.69, 9.17) is 0 Å². The van der Waals surface area contributed by atoms with Crippen LogP contribution >= 0.6 is 0 Å². The van der Waals surface area contributed by atoms with Crippen molar-refractivity contribution in [3.05, 3.63) is 157 Å². The molecule has 0 amide bonds. The lowest BCUT2D eigenvalue weighted by atomic mass is 9.81. The molecule has 2 unspecified atom stereocenters. The molecular formula is C45H34. The average Bonchev–Trinajstić information content (AvgIpc) is 3.93. The first kappa shape index (κ1) is 26.2. The van der Waals surface area contributed by atoms with Crippen LogP contribution < -0.4 is 0 Å². The highest BCUT2D eigenvalue weighted by Gasteiger charge is 2.45. The Morgan fingerprint density at radius 3 is 1.60 bits per heavy atom. The van der Waals surface area contributed by atoms with E-state index in [9.17, 15) is 0 Å². The summed E-state index contributed by atoms with van der Waals surface area (Å²) in [6.07, 6.45) is 1.27. The van der Waals surface area contributed by atoms with E-state index in [1.165, 1.54) is 94.0 Å². The van der Waals surface area contributed by atoms with Crippen LogP contribution in [0.2, 0.25) is 0 Å². The molecule has 0 radical (unpaired) electrons. The van der Waals surface area contributed by atoms with Crippen molar-refractivity contribution in [1.82, 2.24) is 0 Å². The average molecular weight is 575 g/mol. The predicted octanol–water partition coefficient (Wildman–Crippen LogP) is 12.9. The molecule has 2 aliphatic rings. The first-order valence-electron chi connectivity index (χ1n) is 16.4. The Hall–Kier alpha value is -5.20. The summed E-state index contributed by atoms with van der Waals surface area (Å²) in [6.45, 7) is 4.00. The highest BCUT2D eigenvalue weighted by Crippen LogP contribution is 2.62. The molecule has 45 heavy (non-hydrogen) atoms. The summed E-state index contributed by atoms with van der Waals surface area (Å²) in [5, 5.41) is 10.4. The summed E-state index contributed by atoms with van der Waals surface area (Å²) in [6, 6.07) is 54.6. The molecule has 8 aromatic carbocycles. The maximum atomic E-state index is 2.52. The fourth-order valence-corrected chi connectivity index (χ4v) is 8.21. The molecule has 0 bridgehead atoms. The van der Waals surface area contributed by atoms with Crippen LogP contribution in [0.5, 0.6) is 0 Å². The van der Waals surface area contributed by atoms with Crippen molar-refractivity contribution in [2.24, 2.45) is 0 Å². The van der Waals surface area contributed by atoms with Crippen LogP contribution in [0.1, 0.15) is 43.2 Å². The maximum absolute atomic E-state index is 2.52. The number of hydrogen-bond acceptors (Lipinski definition) is 0. The van der Waals surface area contributed by atoms with Crippen molar-refractivity contribution in [3.8, 4) is 33.4 Å². The van der Waals surface area contributed by atoms with Gasteiger partial charge >= 0.3 is 0 Å². The minimum atomic E-state index is 0.644. The van der Waals surface area contributed by atoms with Gasteiger partial charge in [-0.3, -0.25) is 0 Å². The van der Waals surface area contributed by atoms with Crippen LogP contribution in [0.4, 0.5) is 0 Å². The maximum Gasteiger partial charge on any atom is -0.00199 e. The predicted molar refractivity (Wildman–Crippen MR) is 194 cm³/mol. The molecule has 214 valence electrons. The lowest BCUT2D eigenvalue weighted by Gasteiger charge is -2.22. The third-order valence-electron chi connectivity index (χ3n) is 10.1. The number of rotatable bonds is 2. The number of hydrogen-bond donors (Lipinski definition) is 0. The molecule has 0 saturated heterocycles. The lowest BCUT2D eigenvalue weighted by Crippen LogP contribution is -2.00. The van der Waals surface area contributed by atoms with Crippen LogP contribution in [0.3, 0.4) is 0 Å². The first-order valence-corrected chi connectivity index (χ1v) is 16.4. The first-order chi connectivity index (χ1) is 22.3. The van der Waals surface area contributed by atoms with Gasteiger partial charge in [0, 0.05) is 0 Å². The highest BCUT2D eigenvalue weighted by molar-refractivity contribution is 6.25. The minimum absolute atomic E-state index is 0.644. The zero-order chi connectivity index (χ0) is 30.1. The van der Waals surface area contributed by atoms with E-state index in [1.807, 2.05) is 13.8 Å². The van der Waals surface area contributed by atoms with Crippen LogP contribution in [0.25, 0.3) is 76.5 Å². The van der Waals surface area contributed by atoms with E-state index in [-0.39, 0.29) is 0 Å². The Bertz CT molecular complexity index is 2390. The van der Waals surface area contributed by atoms with Gasteiger partial charge in [-0.2, -0.15) is 0 Å². The summed E-state index contributed by atoms with van der Waals surface area (Å²) in [7, 11) is 0. The van der Waals surface area contributed by atoms with E-state index < -0.39 is 0 Å². The quantitative estimate of drug-likeness (QED) is 0.142. The Balaban J connectivity index is 0.00000138. The Morgan fingerprint density at radius 2 is 0.889 bits per heavy atom. The van der Waals surface area contributed by atoms with Gasteiger partial charge in [0.2, 0.25) is 0 Å². The van der Waals surface area contributed by atoms with E-state index in [1.54, 1.807) is 0 Å². The van der Waals surface area contributed by atoms with Crippen molar-refractivity contribution in [1.29, 1.82) is 0 Å². The fraction of sp³-hybridized carbons (Fsp3) is 0.111. The van der Waals surface area contributed by atoms with Gasteiger partial charge in [-0.25, -0.2) is 0 Å². The summed E-state index contributed by atoms with van der Waals surface area (Å²) in [5.74, 6) is 1.32. The second kappa shape index (κ2) is 10.2. The third-order valence-corrected chi connectivity index (χ3v) is 10.1. The lowest BCUT2D eigenvalue weighted by molar-refractivity contribution is 1.01. The van der Waals surface area contributed by atoms with Crippen LogP contribution in [0, 0.1) is 0 Å². The van der Waals surface area contributed by atoms with Crippen molar-refractivity contribution in [3.63, 3.8) is 0 Å². The van der Waals surface area contributed by atoms with E-state index in [0.29, 0.717) is 11.8 Å². The Kier molecular flexibility index (Phi) is 5.93. The largest absolute Gasteiger partial charge is 0.0683 e. The smallest absolute Gasteiger partial charge is 0.00199 e. The molecule has 0 N–H and O–H groups in total. The van der Waals surface area contributed by atoms with Gasteiger partial charge in [0.05, 0.1) is 0 Å². The zero-order valence-corrected chi connectivity index (χ0v) is 25.7. The highest BCUT2D eigenvalue weighted by atomic mass is 14.5. The van der Waals surface area contributed by atoms with Gasteiger partial charge in [0.25, 0.3) is 0 Å². The monoisotopic (exact) mass is 574 g/mol. The van der Waals surface area contributed by atoms with Gasteiger partial charge in [0.15, 0.2) is 0 Å². The molecule has 0 aliphatic heterocycles. The van der Waals surface area contributed by atoms with E-state index >= 15 is 0 Å². The molecule has 0 heterocycles. The second-order valence-corrected chi connectivity index (χ2v) is 12.4. The van der Waals surface area contributed by atoms with Crippen LogP contribution in [-0.2, 0) is 0 Å². The molecule has 2 atom stereocenters. The molecular weight excluding hydrogens is 540 g/mol. The van der Waals surface area contributed by atoms with Crippen LogP contribution in [0.15, 0.2) is 146 Å². The van der Waals surface area contributed by atoms with Crippen molar-refractivity contribution in [2.75, 3.05) is 0 Å². The number of benzene rings is 8. The molecule has 0 nitrogen and oxygen atoms in total. The topological polar surface area (TPSA) is 0 Å². The molecule has 0 aromatic heterocycles. The van der Waals surface area contributed by atoms with Gasteiger partial charge < -0.3 is 0 Å². The van der Waals surface area contributed by atoms with Gasteiger partial charge in [0.1, 0.15) is 0 Å². The third kappa shape index (κ3) is 3.85. The summed E-state index contributed by atoms with van der Waals surface area (Å²) in [4.78, 5) is 0. The van der Waals surface area contributed by atoms with Crippen molar-refractivity contribution < 1.29 is 0 Å². The van der Waals surface area contributed by atoms with Gasteiger partial charge in [-0.15, -0.1) is 0 Å². The number of fused-ring (bicyclic) bond motifs is 11. The van der Waals surface area contributed by atoms with Crippen LogP contribution in [-0.4, -0.2) is 0 Å². The van der Waals surface area contributed by atoms with Gasteiger partial charge in [-0.1, -0.05) is 153 Å².